The molecule has 0 radical (unpaired) electrons. The first kappa shape index (κ1) is 12.5. The van der Waals surface area contributed by atoms with Crippen LogP contribution in [0, 0.1) is 0 Å². The number of rotatable bonds is 7. The average molecular weight is 231 g/mol. The van der Waals surface area contributed by atoms with Crippen LogP contribution >= 0.6 is 11.6 Å². The Labute approximate surface area is 96.2 Å². The van der Waals surface area contributed by atoms with Crippen molar-refractivity contribution in [2.75, 3.05) is 0 Å². The third kappa shape index (κ3) is 4.20. The van der Waals surface area contributed by atoms with E-state index in [0.29, 0.717) is 5.82 Å². The van der Waals surface area contributed by atoms with Gasteiger partial charge >= 0.3 is 0 Å². The minimum absolute atomic E-state index is 0.113. The predicted octanol–water partition coefficient (Wildman–Crippen LogP) is 3.88. The normalized spacial score (nSPS) is 13.0. The van der Waals surface area contributed by atoms with E-state index in [2.05, 4.69) is 17.1 Å². The summed E-state index contributed by atoms with van der Waals surface area (Å²) in [7, 11) is 0. The summed E-state index contributed by atoms with van der Waals surface area (Å²) in [5.74, 6) is 1.35. The molecule has 1 unspecified atom stereocenters. The lowest BCUT2D eigenvalue weighted by Crippen LogP contribution is -1.92. The van der Waals surface area contributed by atoms with Gasteiger partial charge in [0.2, 0.25) is 5.89 Å². The molecular formula is C11H19ClN2O. The summed E-state index contributed by atoms with van der Waals surface area (Å²) < 4.78 is 5.12. The molecule has 1 rings (SSSR count). The van der Waals surface area contributed by atoms with Crippen LogP contribution in [0.5, 0.6) is 0 Å². The Bertz CT molecular complexity index is 275. The molecule has 0 bridgehead atoms. The first-order valence-corrected chi connectivity index (χ1v) is 6.18. The highest BCUT2D eigenvalue weighted by Crippen LogP contribution is 2.20. The van der Waals surface area contributed by atoms with E-state index in [1.54, 1.807) is 0 Å². The molecule has 86 valence electrons. The van der Waals surface area contributed by atoms with Crippen LogP contribution in [0.15, 0.2) is 4.52 Å². The number of hydrogen-bond acceptors (Lipinski definition) is 3. The van der Waals surface area contributed by atoms with E-state index in [9.17, 15) is 0 Å². The Morgan fingerprint density at radius 2 is 2.07 bits per heavy atom. The van der Waals surface area contributed by atoms with Gasteiger partial charge in [-0.25, -0.2) is 0 Å². The van der Waals surface area contributed by atoms with E-state index >= 15 is 0 Å². The van der Waals surface area contributed by atoms with E-state index in [4.69, 9.17) is 16.1 Å². The summed E-state index contributed by atoms with van der Waals surface area (Å²) in [6, 6.07) is 0. The fourth-order valence-corrected chi connectivity index (χ4v) is 1.47. The van der Waals surface area contributed by atoms with Gasteiger partial charge < -0.3 is 4.52 Å². The van der Waals surface area contributed by atoms with Crippen molar-refractivity contribution in [1.82, 2.24) is 10.1 Å². The lowest BCUT2D eigenvalue weighted by molar-refractivity contribution is 0.368. The third-order valence-corrected chi connectivity index (χ3v) is 2.87. The van der Waals surface area contributed by atoms with Crippen LogP contribution < -0.4 is 0 Å². The minimum atomic E-state index is -0.113. The molecule has 1 heterocycles. The summed E-state index contributed by atoms with van der Waals surface area (Å²) in [6.45, 7) is 4.21. The SMILES string of the molecule is CCCCCCc1nc(C(Cl)CC)no1. The summed E-state index contributed by atoms with van der Waals surface area (Å²) in [5.41, 5.74) is 0. The highest BCUT2D eigenvalue weighted by Gasteiger charge is 2.13. The molecular weight excluding hydrogens is 212 g/mol. The highest BCUT2D eigenvalue weighted by atomic mass is 35.5. The summed E-state index contributed by atoms with van der Waals surface area (Å²) in [6.07, 6.45) is 6.57. The van der Waals surface area contributed by atoms with Gasteiger partial charge in [-0.2, -0.15) is 4.98 Å². The zero-order valence-corrected chi connectivity index (χ0v) is 10.3. The van der Waals surface area contributed by atoms with Gasteiger partial charge in [-0.15, -0.1) is 11.6 Å². The average Bonchev–Trinajstić information content (AvgIpc) is 2.72. The van der Waals surface area contributed by atoms with Crippen molar-refractivity contribution in [3.63, 3.8) is 0 Å². The molecule has 0 amide bonds. The smallest absolute Gasteiger partial charge is 0.226 e. The summed E-state index contributed by atoms with van der Waals surface area (Å²) in [5, 5.41) is 3.75. The Hall–Kier alpha value is -0.570. The Morgan fingerprint density at radius 3 is 2.73 bits per heavy atom. The van der Waals surface area contributed by atoms with Crippen molar-refractivity contribution >= 4 is 11.6 Å². The summed E-state index contributed by atoms with van der Waals surface area (Å²) in [4.78, 5) is 4.27. The number of halogens is 1. The molecule has 0 spiro atoms. The van der Waals surface area contributed by atoms with Crippen LogP contribution in [-0.2, 0) is 6.42 Å². The second-order valence-electron chi connectivity index (χ2n) is 3.73. The maximum Gasteiger partial charge on any atom is 0.226 e. The van der Waals surface area contributed by atoms with Crippen LogP contribution in [0.25, 0.3) is 0 Å². The number of aromatic nitrogens is 2. The van der Waals surface area contributed by atoms with Gasteiger partial charge in [0.25, 0.3) is 0 Å². The quantitative estimate of drug-likeness (QED) is 0.527. The Balaban J connectivity index is 2.33. The van der Waals surface area contributed by atoms with Gasteiger partial charge in [0.1, 0.15) is 0 Å². The van der Waals surface area contributed by atoms with Crippen molar-refractivity contribution in [2.45, 2.75) is 57.7 Å². The van der Waals surface area contributed by atoms with Crippen molar-refractivity contribution in [2.24, 2.45) is 0 Å². The van der Waals surface area contributed by atoms with Gasteiger partial charge in [-0.05, 0) is 12.8 Å². The topological polar surface area (TPSA) is 38.9 Å². The second kappa shape index (κ2) is 6.83. The lowest BCUT2D eigenvalue weighted by Gasteiger charge is -1.96. The number of nitrogens with zero attached hydrogens (tertiary/aromatic N) is 2. The zero-order valence-electron chi connectivity index (χ0n) is 9.50. The molecule has 0 saturated carbocycles. The molecule has 0 aliphatic carbocycles. The zero-order chi connectivity index (χ0) is 11.1. The number of alkyl halides is 1. The predicted molar refractivity (Wildman–Crippen MR) is 61.0 cm³/mol. The maximum atomic E-state index is 6.00. The van der Waals surface area contributed by atoms with Gasteiger partial charge in [0.15, 0.2) is 5.82 Å². The van der Waals surface area contributed by atoms with Crippen molar-refractivity contribution in [1.29, 1.82) is 0 Å². The number of aryl methyl sites for hydroxylation is 1. The van der Waals surface area contributed by atoms with E-state index in [0.717, 1.165) is 25.2 Å². The third-order valence-electron chi connectivity index (χ3n) is 2.37. The first-order chi connectivity index (χ1) is 7.27. The van der Waals surface area contributed by atoms with E-state index in [1.165, 1.54) is 19.3 Å². The lowest BCUT2D eigenvalue weighted by atomic mass is 10.1. The first-order valence-electron chi connectivity index (χ1n) is 5.74. The second-order valence-corrected chi connectivity index (χ2v) is 4.26. The Kier molecular flexibility index (Phi) is 5.69. The van der Waals surface area contributed by atoms with Gasteiger partial charge in [-0.1, -0.05) is 38.3 Å². The van der Waals surface area contributed by atoms with Crippen molar-refractivity contribution in [3.8, 4) is 0 Å². The molecule has 0 N–H and O–H groups in total. The fourth-order valence-electron chi connectivity index (χ4n) is 1.38. The minimum Gasteiger partial charge on any atom is -0.339 e. The largest absolute Gasteiger partial charge is 0.339 e. The van der Waals surface area contributed by atoms with E-state index < -0.39 is 0 Å². The molecule has 3 nitrogen and oxygen atoms in total. The molecule has 0 aromatic carbocycles. The maximum absolute atomic E-state index is 6.00. The van der Waals surface area contributed by atoms with Crippen molar-refractivity contribution < 1.29 is 4.52 Å². The molecule has 0 fully saturated rings. The van der Waals surface area contributed by atoms with E-state index in [1.807, 2.05) is 6.92 Å². The van der Waals surface area contributed by atoms with E-state index in [-0.39, 0.29) is 5.38 Å². The number of unbranched alkanes of at least 4 members (excludes halogenated alkanes) is 3. The number of hydrogen-bond donors (Lipinski definition) is 0. The standard InChI is InChI=1S/C11H19ClN2O/c1-3-5-6-7-8-10-13-11(14-15-10)9(12)4-2/h9H,3-8H2,1-2H3. The van der Waals surface area contributed by atoms with Gasteiger partial charge in [-0.3, -0.25) is 0 Å². The molecule has 0 aliphatic rings. The molecule has 1 atom stereocenters. The molecule has 1 aromatic rings. The van der Waals surface area contributed by atoms with Crippen LogP contribution in [0.3, 0.4) is 0 Å². The van der Waals surface area contributed by atoms with Crippen molar-refractivity contribution in [3.05, 3.63) is 11.7 Å². The van der Waals surface area contributed by atoms with Crippen LogP contribution in [-0.4, -0.2) is 10.1 Å². The highest BCUT2D eigenvalue weighted by molar-refractivity contribution is 6.20. The summed E-state index contributed by atoms with van der Waals surface area (Å²) >= 11 is 6.00. The van der Waals surface area contributed by atoms with Crippen LogP contribution in [0.1, 0.15) is 63.0 Å². The van der Waals surface area contributed by atoms with Crippen LogP contribution in [0.2, 0.25) is 0 Å². The Morgan fingerprint density at radius 1 is 1.27 bits per heavy atom. The molecule has 4 heteroatoms. The van der Waals surface area contributed by atoms with Gasteiger partial charge in [0, 0.05) is 6.42 Å². The molecule has 0 aliphatic heterocycles. The van der Waals surface area contributed by atoms with Gasteiger partial charge in [0.05, 0.1) is 5.38 Å². The monoisotopic (exact) mass is 230 g/mol. The molecule has 1 aromatic heterocycles. The van der Waals surface area contributed by atoms with Crippen LogP contribution in [0.4, 0.5) is 0 Å². The fraction of sp³-hybridized carbons (Fsp3) is 0.818. The molecule has 15 heavy (non-hydrogen) atoms. The molecule has 0 saturated heterocycles.